The van der Waals surface area contributed by atoms with Gasteiger partial charge in [0.05, 0.1) is 22.6 Å². The molecule has 0 atom stereocenters. The number of fused-ring (bicyclic) bond motifs is 2. The van der Waals surface area contributed by atoms with Crippen molar-refractivity contribution in [1.29, 1.82) is 0 Å². The van der Waals surface area contributed by atoms with Crippen molar-refractivity contribution < 1.29 is 0 Å². The second-order valence-electron chi connectivity index (χ2n) is 10.7. The average Bonchev–Trinajstić information content (AvgIpc) is 3.34. The highest BCUT2D eigenvalue weighted by Gasteiger charge is 2.28. The molecule has 1 saturated carbocycles. The zero-order valence-corrected chi connectivity index (χ0v) is 22.4. The van der Waals surface area contributed by atoms with Crippen LogP contribution in [0.3, 0.4) is 0 Å². The third kappa shape index (κ3) is 4.41. The summed E-state index contributed by atoms with van der Waals surface area (Å²) in [4.78, 5) is 16.5. The van der Waals surface area contributed by atoms with Crippen LogP contribution in [-0.2, 0) is 0 Å². The summed E-state index contributed by atoms with van der Waals surface area (Å²) in [5.41, 5.74) is 13.3. The Bertz CT molecular complexity index is 1580. The van der Waals surface area contributed by atoms with Crippen LogP contribution in [-0.4, -0.2) is 49.8 Å². The molecule has 5 aromatic rings. The van der Waals surface area contributed by atoms with E-state index in [-0.39, 0.29) is 0 Å². The molecule has 0 bridgehead atoms. The van der Waals surface area contributed by atoms with E-state index >= 15 is 0 Å². The number of rotatable bonds is 6. The highest BCUT2D eigenvalue weighted by Crippen LogP contribution is 2.39. The second-order valence-corrected chi connectivity index (χ2v) is 10.7. The zero-order chi connectivity index (χ0) is 26.2. The normalized spacial score (nSPS) is 18.0. The molecule has 6 rings (SSSR count). The molecule has 0 saturated heterocycles. The first kappa shape index (κ1) is 24.5. The van der Waals surface area contributed by atoms with E-state index in [4.69, 9.17) is 15.8 Å². The minimum absolute atomic E-state index is 0.312. The monoisotopic (exact) mass is 505 g/mol. The number of hydrogen-bond acceptors (Lipinski definition) is 6. The molecule has 1 aliphatic rings. The Balaban J connectivity index is 1.41. The molecule has 194 valence electrons. The van der Waals surface area contributed by atoms with Gasteiger partial charge in [0, 0.05) is 23.1 Å². The van der Waals surface area contributed by atoms with E-state index in [9.17, 15) is 0 Å². The van der Waals surface area contributed by atoms with Gasteiger partial charge in [-0.15, -0.1) is 0 Å². The fraction of sp³-hybridized carbons (Fsp3) is 0.355. The van der Waals surface area contributed by atoms with Crippen LogP contribution in [0.2, 0.25) is 0 Å². The molecule has 7 heteroatoms. The molecule has 1 aliphatic carbocycles. The Morgan fingerprint density at radius 2 is 1.74 bits per heavy atom. The van der Waals surface area contributed by atoms with E-state index in [0.717, 1.165) is 81.9 Å². The number of pyridine rings is 1. The van der Waals surface area contributed by atoms with Crippen LogP contribution in [0.15, 0.2) is 60.9 Å². The minimum atomic E-state index is 0.312. The van der Waals surface area contributed by atoms with Crippen LogP contribution in [0.25, 0.3) is 44.5 Å². The fourth-order valence-corrected chi connectivity index (χ4v) is 5.94. The Labute approximate surface area is 223 Å². The molecule has 1 fully saturated rings. The Kier molecular flexibility index (Phi) is 6.54. The van der Waals surface area contributed by atoms with Crippen molar-refractivity contribution in [2.24, 2.45) is 5.92 Å². The quantitative estimate of drug-likeness (QED) is 0.292. The smallest absolute Gasteiger partial charge is 0.164 e. The molecular weight excluding hydrogens is 470 g/mol. The number of benzene rings is 2. The van der Waals surface area contributed by atoms with Gasteiger partial charge in [0.2, 0.25) is 0 Å². The van der Waals surface area contributed by atoms with Crippen molar-refractivity contribution in [3.8, 4) is 22.5 Å². The number of nitrogens with two attached hydrogens (primary N) is 1. The van der Waals surface area contributed by atoms with Crippen molar-refractivity contribution in [2.75, 3.05) is 25.9 Å². The lowest BCUT2D eigenvalue weighted by Gasteiger charge is -2.31. The number of aromatic nitrogens is 5. The SMILES string of the molecule is CCN(C)CC1CCC(n2nc(-c3ccc4ccc(-c5ccccc5)nc4c3C)c3c(N)ncnc32)CC1. The Morgan fingerprint density at radius 3 is 2.50 bits per heavy atom. The first-order chi connectivity index (χ1) is 18.5. The molecule has 0 unspecified atom stereocenters. The van der Waals surface area contributed by atoms with E-state index in [2.05, 4.69) is 76.8 Å². The molecule has 38 heavy (non-hydrogen) atoms. The predicted octanol–water partition coefficient (Wildman–Crippen LogP) is 6.28. The number of hydrogen-bond donors (Lipinski definition) is 1. The summed E-state index contributed by atoms with van der Waals surface area (Å²) in [6, 6.07) is 19.1. The van der Waals surface area contributed by atoms with Gasteiger partial charge < -0.3 is 10.6 Å². The molecule has 3 aromatic heterocycles. The summed E-state index contributed by atoms with van der Waals surface area (Å²) < 4.78 is 2.12. The third-order valence-corrected chi connectivity index (χ3v) is 8.23. The van der Waals surface area contributed by atoms with Crippen molar-refractivity contribution in [3.05, 3.63) is 66.5 Å². The maximum Gasteiger partial charge on any atom is 0.164 e. The first-order valence-electron chi connectivity index (χ1n) is 13.7. The molecule has 0 spiro atoms. The topological polar surface area (TPSA) is 85.8 Å². The largest absolute Gasteiger partial charge is 0.383 e. The summed E-state index contributed by atoms with van der Waals surface area (Å²) in [5.74, 6) is 1.21. The van der Waals surface area contributed by atoms with Crippen molar-refractivity contribution in [1.82, 2.24) is 29.6 Å². The van der Waals surface area contributed by atoms with Gasteiger partial charge in [-0.1, -0.05) is 55.5 Å². The van der Waals surface area contributed by atoms with Crippen LogP contribution in [0.5, 0.6) is 0 Å². The van der Waals surface area contributed by atoms with Crippen LogP contribution in [0.4, 0.5) is 5.82 Å². The van der Waals surface area contributed by atoms with Crippen molar-refractivity contribution in [3.63, 3.8) is 0 Å². The van der Waals surface area contributed by atoms with E-state index in [1.165, 1.54) is 12.8 Å². The highest BCUT2D eigenvalue weighted by molar-refractivity contribution is 6.01. The fourth-order valence-electron chi connectivity index (χ4n) is 5.94. The minimum Gasteiger partial charge on any atom is -0.383 e. The molecule has 2 N–H and O–H groups in total. The predicted molar refractivity (Wildman–Crippen MR) is 155 cm³/mol. The standard InChI is InChI=1S/C31H35N7/c1-4-37(3)18-21-10-14-24(15-11-21)38-31-27(30(32)33-19-34-31)29(36-38)25-16-12-23-13-17-26(35-28(23)20(25)2)22-8-6-5-7-9-22/h5-9,12-13,16-17,19,21,24H,4,10-11,14-15,18H2,1-3H3,(H2,32,33,34). The van der Waals surface area contributed by atoms with E-state index in [1.54, 1.807) is 6.33 Å². The summed E-state index contributed by atoms with van der Waals surface area (Å²) in [6.07, 6.45) is 6.16. The van der Waals surface area contributed by atoms with Gasteiger partial charge in [-0.2, -0.15) is 5.10 Å². The number of nitrogens with zero attached hydrogens (tertiary/aromatic N) is 6. The number of anilines is 1. The molecule has 3 heterocycles. The zero-order valence-electron chi connectivity index (χ0n) is 22.4. The average molecular weight is 506 g/mol. The molecule has 7 nitrogen and oxygen atoms in total. The van der Waals surface area contributed by atoms with Gasteiger partial charge in [-0.25, -0.2) is 19.6 Å². The third-order valence-electron chi connectivity index (χ3n) is 8.23. The van der Waals surface area contributed by atoms with Gasteiger partial charge in [0.25, 0.3) is 0 Å². The molecular formula is C31H35N7. The van der Waals surface area contributed by atoms with Gasteiger partial charge in [-0.3, -0.25) is 0 Å². The molecule has 2 aromatic carbocycles. The van der Waals surface area contributed by atoms with Crippen LogP contribution >= 0.6 is 0 Å². The Hall–Kier alpha value is -3.84. The van der Waals surface area contributed by atoms with Gasteiger partial charge in [0.15, 0.2) is 5.65 Å². The molecule has 0 aliphatic heterocycles. The number of nitrogen functional groups attached to an aromatic ring is 1. The summed E-state index contributed by atoms with van der Waals surface area (Å²) in [5, 5.41) is 7.13. The van der Waals surface area contributed by atoms with Gasteiger partial charge >= 0.3 is 0 Å². The summed E-state index contributed by atoms with van der Waals surface area (Å²) in [7, 11) is 2.21. The van der Waals surface area contributed by atoms with Crippen molar-refractivity contribution >= 4 is 27.8 Å². The van der Waals surface area contributed by atoms with Crippen molar-refractivity contribution in [2.45, 2.75) is 45.6 Å². The van der Waals surface area contributed by atoms with E-state index in [1.807, 2.05) is 18.2 Å². The van der Waals surface area contributed by atoms with Crippen LogP contribution < -0.4 is 5.73 Å². The first-order valence-corrected chi connectivity index (χ1v) is 13.7. The lowest BCUT2D eigenvalue weighted by atomic mass is 9.86. The van der Waals surface area contributed by atoms with E-state index in [0.29, 0.717) is 11.9 Å². The van der Waals surface area contributed by atoms with E-state index < -0.39 is 0 Å². The molecule has 0 radical (unpaired) electrons. The maximum absolute atomic E-state index is 6.47. The Morgan fingerprint density at radius 1 is 0.974 bits per heavy atom. The van der Waals surface area contributed by atoms with Crippen LogP contribution in [0.1, 0.15) is 44.2 Å². The highest BCUT2D eigenvalue weighted by atomic mass is 15.3. The number of aryl methyl sites for hydroxylation is 1. The van der Waals surface area contributed by atoms with Crippen LogP contribution in [0, 0.1) is 12.8 Å². The lowest BCUT2D eigenvalue weighted by molar-refractivity contribution is 0.205. The molecule has 0 amide bonds. The summed E-state index contributed by atoms with van der Waals surface area (Å²) in [6.45, 7) is 6.60. The van der Waals surface area contributed by atoms with Gasteiger partial charge in [0.1, 0.15) is 17.8 Å². The lowest BCUT2D eigenvalue weighted by Crippen LogP contribution is -2.29. The summed E-state index contributed by atoms with van der Waals surface area (Å²) >= 11 is 0. The van der Waals surface area contributed by atoms with Gasteiger partial charge in [-0.05, 0) is 63.7 Å². The maximum atomic E-state index is 6.47. The second kappa shape index (κ2) is 10.1.